The molecule has 6 rings (SSSR count). The lowest BCUT2D eigenvalue weighted by atomic mass is 9.70. The maximum atomic E-state index is 13.4. The van der Waals surface area contributed by atoms with Crippen molar-refractivity contribution in [3.05, 3.63) is 66.0 Å². The maximum absolute atomic E-state index is 13.4. The van der Waals surface area contributed by atoms with Crippen molar-refractivity contribution in [2.75, 3.05) is 26.2 Å². The number of ether oxygens (including phenoxy) is 1. The summed E-state index contributed by atoms with van der Waals surface area (Å²) in [4.78, 5) is 35.5. The molecule has 0 spiro atoms. The number of carbonyl (C=O) groups excluding carboxylic acids is 2. The fourth-order valence-electron chi connectivity index (χ4n) is 8.20. The molecule has 2 unspecified atom stereocenters. The molecular formula is C35H46N4O3. The molecule has 0 N–H and O–H groups in total. The molecule has 3 aliphatic rings. The van der Waals surface area contributed by atoms with E-state index < -0.39 is 11.4 Å². The number of fused-ring (bicyclic) bond motifs is 3. The molecule has 3 saturated heterocycles. The van der Waals surface area contributed by atoms with Gasteiger partial charge >= 0.3 is 5.97 Å². The third-order valence-electron chi connectivity index (χ3n) is 10.6. The molecule has 7 heteroatoms. The van der Waals surface area contributed by atoms with E-state index in [1.165, 1.54) is 36.8 Å². The molecular weight excluding hydrogens is 524 g/mol. The van der Waals surface area contributed by atoms with Crippen LogP contribution in [0, 0.1) is 12.3 Å². The van der Waals surface area contributed by atoms with Gasteiger partial charge in [0.2, 0.25) is 5.91 Å². The first kappa shape index (κ1) is 28.9. The summed E-state index contributed by atoms with van der Waals surface area (Å²) in [7, 11) is 0. The Kier molecular flexibility index (Phi) is 7.90. The predicted molar refractivity (Wildman–Crippen MR) is 165 cm³/mol. The van der Waals surface area contributed by atoms with E-state index in [9.17, 15) is 9.59 Å². The highest BCUT2D eigenvalue weighted by Gasteiger charge is 2.46. The second kappa shape index (κ2) is 11.5. The summed E-state index contributed by atoms with van der Waals surface area (Å²) >= 11 is 0. The van der Waals surface area contributed by atoms with Gasteiger partial charge in [0.25, 0.3) is 0 Å². The van der Waals surface area contributed by atoms with Crippen molar-refractivity contribution in [3.8, 4) is 0 Å². The number of esters is 1. The van der Waals surface area contributed by atoms with Crippen LogP contribution in [0.4, 0.5) is 0 Å². The summed E-state index contributed by atoms with van der Waals surface area (Å²) in [5, 5.41) is 0. The lowest BCUT2D eigenvalue weighted by molar-refractivity contribution is -0.163. The molecule has 224 valence electrons. The summed E-state index contributed by atoms with van der Waals surface area (Å²) in [5.74, 6) is 0.572. The number of amides is 1. The molecule has 2 aromatic carbocycles. The van der Waals surface area contributed by atoms with Crippen LogP contribution in [0.15, 0.2) is 54.6 Å². The maximum Gasteiger partial charge on any atom is 0.321 e. The Balaban J connectivity index is 1.16. The van der Waals surface area contributed by atoms with Crippen LogP contribution >= 0.6 is 0 Å². The summed E-state index contributed by atoms with van der Waals surface area (Å²) < 4.78 is 7.73. The molecule has 0 saturated carbocycles. The molecule has 4 heterocycles. The lowest BCUT2D eigenvalue weighted by Gasteiger charge is -2.46. The SMILES string of the molecule is CCOC(=O)C(C)(C)C(=O)N1CCC(CCN2C3CCC2CC(n2c(C)nc4ccccc42)C3)(c2ccccc2)CC1. The molecule has 0 radical (unpaired) electrons. The van der Waals surface area contributed by atoms with Crippen molar-refractivity contribution in [2.45, 2.75) is 96.2 Å². The van der Waals surface area contributed by atoms with Gasteiger partial charge in [-0.25, -0.2) is 4.98 Å². The van der Waals surface area contributed by atoms with Crippen LogP contribution in [-0.4, -0.2) is 69.6 Å². The van der Waals surface area contributed by atoms with Crippen LogP contribution in [0.5, 0.6) is 0 Å². The smallest absolute Gasteiger partial charge is 0.321 e. The number of aryl methyl sites for hydroxylation is 1. The van der Waals surface area contributed by atoms with Crippen molar-refractivity contribution in [1.82, 2.24) is 19.4 Å². The van der Waals surface area contributed by atoms with Gasteiger partial charge in [0.15, 0.2) is 0 Å². The Labute approximate surface area is 250 Å². The number of nitrogens with zero attached hydrogens (tertiary/aromatic N) is 4. The molecule has 42 heavy (non-hydrogen) atoms. The Hall–Kier alpha value is -3.19. The van der Waals surface area contributed by atoms with Gasteiger partial charge in [0.1, 0.15) is 11.2 Å². The standard InChI is InChI=1S/C35H46N4O3/c1-5-42-33(41)34(3,4)32(40)37-20-17-35(18-21-37,26-11-7-6-8-12-26)19-22-38-27-15-16-28(38)24-29(23-27)39-25(2)36-30-13-9-10-14-31(30)39/h6-14,27-29H,5,15-24H2,1-4H3. The topological polar surface area (TPSA) is 67.7 Å². The first-order valence-corrected chi connectivity index (χ1v) is 15.9. The zero-order chi connectivity index (χ0) is 29.5. The number of para-hydroxylation sites is 2. The minimum atomic E-state index is -1.16. The van der Waals surface area contributed by atoms with E-state index in [0.717, 1.165) is 37.1 Å². The zero-order valence-corrected chi connectivity index (χ0v) is 25.7. The number of hydrogen-bond acceptors (Lipinski definition) is 5. The van der Waals surface area contributed by atoms with E-state index in [1.807, 2.05) is 4.90 Å². The van der Waals surface area contributed by atoms with Gasteiger partial charge in [-0.05, 0) is 102 Å². The lowest BCUT2D eigenvalue weighted by Crippen LogP contribution is -2.52. The van der Waals surface area contributed by atoms with Crippen molar-refractivity contribution in [2.24, 2.45) is 5.41 Å². The Bertz CT molecular complexity index is 1410. The fourth-order valence-corrected chi connectivity index (χ4v) is 8.20. The van der Waals surface area contributed by atoms with E-state index in [0.29, 0.717) is 31.2 Å². The predicted octanol–water partition coefficient (Wildman–Crippen LogP) is 6.05. The Morgan fingerprint density at radius 2 is 1.60 bits per heavy atom. The summed E-state index contributed by atoms with van der Waals surface area (Å²) in [6.07, 6.45) is 7.82. The van der Waals surface area contributed by atoms with Crippen molar-refractivity contribution >= 4 is 22.9 Å². The minimum absolute atomic E-state index is 0.0273. The normalized spacial score (nSPS) is 24.2. The molecule has 2 atom stereocenters. The summed E-state index contributed by atoms with van der Waals surface area (Å²) in [6, 6.07) is 21.2. The highest BCUT2D eigenvalue weighted by molar-refractivity contribution is 6.01. The quantitative estimate of drug-likeness (QED) is 0.244. The third kappa shape index (κ3) is 5.14. The van der Waals surface area contributed by atoms with E-state index in [-0.39, 0.29) is 17.9 Å². The molecule has 2 bridgehead atoms. The molecule has 0 aliphatic carbocycles. The zero-order valence-electron chi connectivity index (χ0n) is 25.7. The number of benzene rings is 2. The van der Waals surface area contributed by atoms with Crippen LogP contribution < -0.4 is 0 Å². The summed E-state index contributed by atoms with van der Waals surface area (Å²) in [6.45, 7) is 10.0. The van der Waals surface area contributed by atoms with Crippen LogP contribution in [0.25, 0.3) is 11.0 Å². The minimum Gasteiger partial charge on any atom is -0.465 e. The van der Waals surface area contributed by atoms with Gasteiger partial charge in [0, 0.05) is 31.2 Å². The highest BCUT2D eigenvalue weighted by atomic mass is 16.5. The van der Waals surface area contributed by atoms with Crippen molar-refractivity contribution in [1.29, 1.82) is 0 Å². The molecule has 1 aromatic heterocycles. The van der Waals surface area contributed by atoms with Crippen LogP contribution in [0.3, 0.4) is 0 Å². The Morgan fingerprint density at radius 1 is 0.952 bits per heavy atom. The second-order valence-electron chi connectivity index (χ2n) is 13.3. The average Bonchev–Trinajstić information content (AvgIpc) is 3.46. The second-order valence-corrected chi connectivity index (χ2v) is 13.3. The van der Waals surface area contributed by atoms with Gasteiger partial charge in [-0.1, -0.05) is 42.5 Å². The fraction of sp³-hybridized carbons (Fsp3) is 0.571. The van der Waals surface area contributed by atoms with Gasteiger partial charge < -0.3 is 14.2 Å². The molecule has 3 fully saturated rings. The number of likely N-dealkylation sites (tertiary alicyclic amines) is 1. The van der Waals surface area contributed by atoms with E-state index in [2.05, 4.69) is 71.0 Å². The van der Waals surface area contributed by atoms with E-state index in [1.54, 1.807) is 20.8 Å². The van der Waals surface area contributed by atoms with Crippen LogP contribution in [0.2, 0.25) is 0 Å². The van der Waals surface area contributed by atoms with Gasteiger partial charge in [-0.3, -0.25) is 14.5 Å². The number of rotatable bonds is 8. The largest absolute Gasteiger partial charge is 0.465 e. The van der Waals surface area contributed by atoms with Crippen LogP contribution in [0.1, 0.15) is 83.1 Å². The van der Waals surface area contributed by atoms with Crippen LogP contribution in [-0.2, 0) is 19.7 Å². The number of carbonyl (C=O) groups is 2. The average molecular weight is 571 g/mol. The van der Waals surface area contributed by atoms with Gasteiger partial charge in [-0.2, -0.15) is 0 Å². The highest BCUT2D eigenvalue weighted by Crippen LogP contribution is 2.45. The number of aromatic nitrogens is 2. The van der Waals surface area contributed by atoms with Crippen molar-refractivity contribution in [3.63, 3.8) is 0 Å². The monoisotopic (exact) mass is 570 g/mol. The third-order valence-corrected chi connectivity index (χ3v) is 10.6. The summed E-state index contributed by atoms with van der Waals surface area (Å²) in [5.41, 5.74) is 2.61. The van der Waals surface area contributed by atoms with E-state index in [4.69, 9.17) is 9.72 Å². The molecule has 1 amide bonds. The first-order chi connectivity index (χ1) is 20.2. The van der Waals surface area contributed by atoms with Gasteiger partial charge in [0.05, 0.1) is 17.6 Å². The number of piperidine rings is 2. The van der Waals surface area contributed by atoms with Crippen molar-refractivity contribution < 1.29 is 14.3 Å². The first-order valence-electron chi connectivity index (χ1n) is 15.9. The molecule has 3 aliphatic heterocycles. The number of hydrogen-bond donors (Lipinski definition) is 0. The molecule has 3 aromatic rings. The molecule has 7 nitrogen and oxygen atoms in total. The van der Waals surface area contributed by atoms with E-state index >= 15 is 0 Å². The Morgan fingerprint density at radius 3 is 2.26 bits per heavy atom. The number of imidazole rings is 1. The van der Waals surface area contributed by atoms with Gasteiger partial charge in [-0.15, -0.1) is 0 Å².